The molecule has 0 fully saturated rings. The molecule has 2 aromatic rings. The molecule has 0 radical (unpaired) electrons. The first-order valence-corrected chi connectivity index (χ1v) is 9.70. The smallest absolute Gasteiger partial charge is 0.239 e. The quantitative estimate of drug-likeness (QED) is 0.800. The van der Waals surface area contributed by atoms with Crippen LogP contribution in [0.4, 0.5) is 10.1 Å². The number of carbonyl (C=O) groups is 1. The van der Waals surface area contributed by atoms with Gasteiger partial charge in [-0.1, -0.05) is 35.3 Å². The van der Waals surface area contributed by atoms with Crippen LogP contribution in [0.15, 0.2) is 42.5 Å². The lowest BCUT2D eigenvalue weighted by Crippen LogP contribution is -2.36. The standard InChI is InChI=1S/C16H15Cl2FN2O3S/c1-25(23,24)21(9-11-2-4-12(19)5-3-11)10-16(22)20-13-6-7-14(17)15(18)8-13/h2-8H,9-10H2,1H3,(H,20,22). The average molecular weight is 405 g/mol. The molecule has 0 aromatic heterocycles. The van der Waals surface area contributed by atoms with Crippen LogP contribution >= 0.6 is 23.2 Å². The van der Waals surface area contributed by atoms with Crippen LogP contribution in [0.25, 0.3) is 0 Å². The van der Waals surface area contributed by atoms with Crippen molar-refractivity contribution in [3.63, 3.8) is 0 Å². The molecule has 134 valence electrons. The molecule has 1 amide bonds. The fourth-order valence-corrected chi connectivity index (χ4v) is 3.05. The Balaban J connectivity index is 2.09. The van der Waals surface area contributed by atoms with Crippen LogP contribution in [0, 0.1) is 5.82 Å². The normalized spacial score (nSPS) is 11.6. The molecular formula is C16H15Cl2FN2O3S. The van der Waals surface area contributed by atoms with Crippen LogP contribution in [0.2, 0.25) is 10.0 Å². The van der Waals surface area contributed by atoms with E-state index >= 15 is 0 Å². The van der Waals surface area contributed by atoms with Gasteiger partial charge in [-0.25, -0.2) is 12.8 Å². The van der Waals surface area contributed by atoms with Crippen molar-refractivity contribution in [3.8, 4) is 0 Å². The highest BCUT2D eigenvalue weighted by molar-refractivity contribution is 7.88. The van der Waals surface area contributed by atoms with Crippen LogP contribution in [0.5, 0.6) is 0 Å². The van der Waals surface area contributed by atoms with Crippen molar-refractivity contribution in [3.05, 3.63) is 63.9 Å². The maximum atomic E-state index is 13.0. The van der Waals surface area contributed by atoms with E-state index < -0.39 is 28.3 Å². The number of anilines is 1. The third-order valence-corrected chi connectivity index (χ3v) is 5.20. The van der Waals surface area contributed by atoms with E-state index in [1.807, 2.05) is 0 Å². The predicted molar refractivity (Wildman–Crippen MR) is 96.7 cm³/mol. The number of hydrogen-bond acceptors (Lipinski definition) is 3. The number of nitrogens with zero attached hydrogens (tertiary/aromatic N) is 1. The Hall–Kier alpha value is -1.67. The third kappa shape index (κ3) is 5.97. The lowest BCUT2D eigenvalue weighted by Gasteiger charge is -2.19. The first kappa shape index (κ1) is 19.7. The SMILES string of the molecule is CS(=O)(=O)N(CC(=O)Nc1ccc(Cl)c(Cl)c1)Cc1ccc(F)cc1. The summed E-state index contributed by atoms with van der Waals surface area (Å²) in [6, 6.07) is 9.92. The molecule has 0 aliphatic rings. The van der Waals surface area contributed by atoms with Gasteiger partial charge in [0, 0.05) is 12.2 Å². The summed E-state index contributed by atoms with van der Waals surface area (Å²) in [5, 5.41) is 3.17. The second-order valence-electron chi connectivity index (χ2n) is 5.33. The minimum atomic E-state index is -3.64. The summed E-state index contributed by atoms with van der Waals surface area (Å²) in [5.41, 5.74) is 0.962. The number of halogens is 3. The second-order valence-corrected chi connectivity index (χ2v) is 8.13. The molecule has 25 heavy (non-hydrogen) atoms. The number of benzene rings is 2. The zero-order chi connectivity index (χ0) is 18.6. The molecule has 2 rings (SSSR count). The van der Waals surface area contributed by atoms with Gasteiger partial charge >= 0.3 is 0 Å². The van der Waals surface area contributed by atoms with Crippen molar-refractivity contribution in [1.29, 1.82) is 0 Å². The zero-order valence-corrected chi connectivity index (χ0v) is 15.5. The van der Waals surface area contributed by atoms with Gasteiger partial charge in [-0.2, -0.15) is 4.31 Å². The van der Waals surface area contributed by atoms with E-state index in [2.05, 4.69) is 5.32 Å². The van der Waals surface area contributed by atoms with Gasteiger partial charge in [0.05, 0.1) is 22.8 Å². The van der Waals surface area contributed by atoms with Gasteiger partial charge in [0.25, 0.3) is 0 Å². The Bertz CT molecular complexity index is 873. The number of sulfonamides is 1. The summed E-state index contributed by atoms with van der Waals surface area (Å²) in [6.07, 6.45) is 1.00. The van der Waals surface area contributed by atoms with E-state index in [9.17, 15) is 17.6 Å². The molecular weight excluding hydrogens is 390 g/mol. The zero-order valence-electron chi connectivity index (χ0n) is 13.2. The van der Waals surface area contributed by atoms with E-state index in [4.69, 9.17) is 23.2 Å². The molecule has 0 spiro atoms. The Morgan fingerprint density at radius 1 is 1.12 bits per heavy atom. The number of rotatable bonds is 6. The van der Waals surface area contributed by atoms with Gasteiger partial charge in [0.2, 0.25) is 15.9 Å². The van der Waals surface area contributed by atoms with Crippen molar-refractivity contribution < 1.29 is 17.6 Å². The largest absolute Gasteiger partial charge is 0.325 e. The number of hydrogen-bond donors (Lipinski definition) is 1. The Kier molecular flexibility index (Phi) is 6.40. The Morgan fingerprint density at radius 3 is 2.32 bits per heavy atom. The molecule has 1 N–H and O–H groups in total. The molecule has 2 aromatic carbocycles. The molecule has 0 aliphatic carbocycles. The van der Waals surface area contributed by atoms with Crippen molar-refractivity contribution in [2.75, 3.05) is 18.1 Å². The predicted octanol–water partition coefficient (Wildman–Crippen LogP) is 3.53. The molecule has 0 aliphatic heterocycles. The summed E-state index contributed by atoms with van der Waals surface area (Å²) >= 11 is 11.7. The summed E-state index contributed by atoms with van der Waals surface area (Å²) in [6.45, 7) is -0.440. The first-order valence-electron chi connectivity index (χ1n) is 7.09. The van der Waals surface area contributed by atoms with E-state index in [1.54, 1.807) is 6.07 Å². The fraction of sp³-hybridized carbons (Fsp3) is 0.188. The lowest BCUT2D eigenvalue weighted by atomic mass is 10.2. The van der Waals surface area contributed by atoms with Crippen LogP contribution in [0.3, 0.4) is 0 Å². The second kappa shape index (κ2) is 8.14. The summed E-state index contributed by atoms with van der Waals surface area (Å²) < 4.78 is 37.8. The Labute approximate surface area is 155 Å². The van der Waals surface area contributed by atoms with Crippen molar-refractivity contribution >= 4 is 44.8 Å². The summed E-state index contributed by atoms with van der Waals surface area (Å²) in [5.74, 6) is -0.960. The third-order valence-electron chi connectivity index (χ3n) is 3.26. The highest BCUT2D eigenvalue weighted by Gasteiger charge is 2.20. The fourth-order valence-electron chi connectivity index (χ4n) is 2.02. The van der Waals surface area contributed by atoms with E-state index in [0.717, 1.165) is 10.6 Å². The lowest BCUT2D eigenvalue weighted by molar-refractivity contribution is -0.116. The summed E-state index contributed by atoms with van der Waals surface area (Å²) in [4.78, 5) is 12.2. The first-order chi connectivity index (χ1) is 11.6. The number of amides is 1. The van der Waals surface area contributed by atoms with Crippen LogP contribution in [-0.2, 0) is 21.4 Å². The highest BCUT2D eigenvalue weighted by atomic mass is 35.5. The summed E-state index contributed by atoms with van der Waals surface area (Å²) in [7, 11) is -3.64. The van der Waals surface area contributed by atoms with Gasteiger partial charge < -0.3 is 5.32 Å². The van der Waals surface area contributed by atoms with Gasteiger partial charge in [0.1, 0.15) is 5.82 Å². The maximum Gasteiger partial charge on any atom is 0.239 e. The molecule has 0 bridgehead atoms. The molecule has 5 nitrogen and oxygen atoms in total. The molecule has 0 saturated carbocycles. The van der Waals surface area contributed by atoms with E-state index in [0.29, 0.717) is 16.3 Å². The van der Waals surface area contributed by atoms with Gasteiger partial charge in [-0.05, 0) is 35.9 Å². The van der Waals surface area contributed by atoms with Crippen molar-refractivity contribution in [2.45, 2.75) is 6.54 Å². The van der Waals surface area contributed by atoms with Crippen LogP contribution < -0.4 is 5.32 Å². The van der Waals surface area contributed by atoms with E-state index in [1.165, 1.54) is 36.4 Å². The molecule has 9 heteroatoms. The van der Waals surface area contributed by atoms with Crippen molar-refractivity contribution in [2.24, 2.45) is 0 Å². The maximum absolute atomic E-state index is 13.0. The minimum Gasteiger partial charge on any atom is -0.325 e. The minimum absolute atomic E-state index is 0.0477. The molecule has 0 atom stereocenters. The molecule has 0 unspecified atom stereocenters. The van der Waals surface area contributed by atoms with Gasteiger partial charge in [-0.15, -0.1) is 0 Å². The Morgan fingerprint density at radius 2 is 1.76 bits per heavy atom. The van der Waals surface area contributed by atoms with Gasteiger partial charge in [-0.3, -0.25) is 4.79 Å². The number of nitrogens with one attached hydrogen (secondary N) is 1. The highest BCUT2D eigenvalue weighted by Crippen LogP contribution is 2.25. The number of carbonyl (C=O) groups excluding carboxylic acids is 1. The van der Waals surface area contributed by atoms with Crippen molar-refractivity contribution in [1.82, 2.24) is 4.31 Å². The van der Waals surface area contributed by atoms with Crippen LogP contribution in [0.1, 0.15) is 5.56 Å². The van der Waals surface area contributed by atoms with Gasteiger partial charge in [0.15, 0.2) is 0 Å². The van der Waals surface area contributed by atoms with E-state index in [-0.39, 0.29) is 11.6 Å². The topological polar surface area (TPSA) is 66.5 Å². The molecule has 0 heterocycles. The molecule has 0 saturated heterocycles. The average Bonchev–Trinajstić information content (AvgIpc) is 2.51. The monoisotopic (exact) mass is 404 g/mol. The van der Waals surface area contributed by atoms with Crippen LogP contribution in [-0.4, -0.2) is 31.4 Å².